The standard InChI is InChI=1S/C13H19NS/c1-9(2)13(14)12-8-10-6-4-3-5-7-11(10)15-12/h8,13H,1,3-7,14H2,2H3. The number of thiophene rings is 1. The Balaban J connectivity index is 2.25. The second-order valence-corrected chi connectivity index (χ2v) is 5.65. The van der Waals surface area contributed by atoms with Crippen LogP contribution in [0.3, 0.4) is 0 Å². The zero-order valence-electron chi connectivity index (χ0n) is 9.38. The number of aryl methyl sites for hydroxylation is 2. The molecule has 0 spiro atoms. The van der Waals surface area contributed by atoms with Gasteiger partial charge in [0.2, 0.25) is 0 Å². The summed E-state index contributed by atoms with van der Waals surface area (Å²) in [5.41, 5.74) is 8.71. The second-order valence-electron chi connectivity index (χ2n) is 4.48. The van der Waals surface area contributed by atoms with Crippen molar-refractivity contribution in [3.8, 4) is 0 Å². The number of fused-ring (bicyclic) bond motifs is 1. The van der Waals surface area contributed by atoms with Gasteiger partial charge in [0.1, 0.15) is 0 Å². The van der Waals surface area contributed by atoms with E-state index in [2.05, 4.69) is 12.6 Å². The van der Waals surface area contributed by atoms with Gasteiger partial charge in [0.25, 0.3) is 0 Å². The zero-order valence-corrected chi connectivity index (χ0v) is 10.2. The average Bonchev–Trinajstić information content (AvgIpc) is 2.49. The van der Waals surface area contributed by atoms with Crippen molar-refractivity contribution in [2.45, 2.75) is 45.1 Å². The highest BCUT2D eigenvalue weighted by atomic mass is 32.1. The minimum Gasteiger partial charge on any atom is -0.320 e. The lowest BCUT2D eigenvalue weighted by Crippen LogP contribution is -2.08. The molecule has 0 amide bonds. The fourth-order valence-corrected chi connectivity index (χ4v) is 3.44. The van der Waals surface area contributed by atoms with Crippen molar-refractivity contribution in [3.05, 3.63) is 33.5 Å². The van der Waals surface area contributed by atoms with Crippen molar-refractivity contribution < 1.29 is 0 Å². The van der Waals surface area contributed by atoms with Crippen LogP contribution in [0.4, 0.5) is 0 Å². The lowest BCUT2D eigenvalue weighted by atomic mass is 10.1. The van der Waals surface area contributed by atoms with Gasteiger partial charge in [-0.1, -0.05) is 18.6 Å². The molecule has 1 aliphatic rings. The summed E-state index contributed by atoms with van der Waals surface area (Å²) in [5, 5.41) is 0. The zero-order chi connectivity index (χ0) is 10.8. The maximum atomic E-state index is 6.10. The smallest absolute Gasteiger partial charge is 0.0600 e. The van der Waals surface area contributed by atoms with Crippen molar-refractivity contribution in [1.29, 1.82) is 0 Å². The van der Waals surface area contributed by atoms with Crippen LogP contribution < -0.4 is 5.73 Å². The Morgan fingerprint density at radius 3 is 2.87 bits per heavy atom. The Labute approximate surface area is 96.0 Å². The minimum atomic E-state index is 0.0435. The molecular weight excluding hydrogens is 202 g/mol. The Bertz CT molecular complexity index is 341. The van der Waals surface area contributed by atoms with Crippen LogP contribution in [0.15, 0.2) is 18.2 Å². The van der Waals surface area contributed by atoms with Gasteiger partial charge in [-0.15, -0.1) is 11.3 Å². The summed E-state index contributed by atoms with van der Waals surface area (Å²) in [5.74, 6) is 0. The maximum absolute atomic E-state index is 6.10. The van der Waals surface area contributed by atoms with Gasteiger partial charge in [-0.2, -0.15) is 0 Å². The van der Waals surface area contributed by atoms with E-state index in [1.165, 1.54) is 37.0 Å². The quantitative estimate of drug-likeness (QED) is 0.599. The van der Waals surface area contributed by atoms with E-state index in [0.717, 1.165) is 5.57 Å². The third-order valence-electron chi connectivity index (χ3n) is 3.10. The van der Waals surface area contributed by atoms with Gasteiger partial charge in [0, 0.05) is 9.75 Å². The predicted molar refractivity (Wildman–Crippen MR) is 67.3 cm³/mol. The summed E-state index contributed by atoms with van der Waals surface area (Å²) in [6.45, 7) is 5.95. The van der Waals surface area contributed by atoms with Crippen LogP contribution in [0.1, 0.15) is 47.5 Å². The molecule has 0 saturated heterocycles. The van der Waals surface area contributed by atoms with Crippen LogP contribution in [0.2, 0.25) is 0 Å². The molecule has 1 aromatic rings. The molecule has 2 N–H and O–H groups in total. The Morgan fingerprint density at radius 1 is 1.40 bits per heavy atom. The first-order chi connectivity index (χ1) is 7.18. The highest BCUT2D eigenvalue weighted by Gasteiger charge is 2.16. The van der Waals surface area contributed by atoms with E-state index < -0.39 is 0 Å². The highest BCUT2D eigenvalue weighted by Crippen LogP contribution is 2.33. The molecule has 1 aromatic heterocycles. The molecule has 0 fully saturated rings. The van der Waals surface area contributed by atoms with Crippen LogP contribution in [0.25, 0.3) is 0 Å². The third kappa shape index (κ3) is 2.32. The van der Waals surface area contributed by atoms with E-state index in [1.54, 1.807) is 10.4 Å². The molecule has 1 heterocycles. The van der Waals surface area contributed by atoms with Crippen molar-refractivity contribution in [1.82, 2.24) is 0 Å². The molecule has 2 rings (SSSR count). The van der Waals surface area contributed by atoms with Gasteiger partial charge in [-0.3, -0.25) is 0 Å². The molecule has 0 bridgehead atoms. The Morgan fingerprint density at radius 2 is 2.13 bits per heavy atom. The van der Waals surface area contributed by atoms with Gasteiger partial charge >= 0.3 is 0 Å². The average molecular weight is 221 g/mol. The third-order valence-corrected chi connectivity index (χ3v) is 4.42. The minimum absolute atomic E-state index is 0.0435. The second kappa shape index (κ2) is 4.50. The molecule has 1 atom stereocenters. The summed E-state index contributed by atoms with van der Waals surface area (Å²) >= 11 is 1.90. The molecule has 0 aromatic carbocycles. The summed E-state index contributed by atoms with van der Waals surface area (Å²) in [7, 11) is 0. The van der Waals surface area contributed by atoms with Gasteiger partial charge in [-0.25, -0.2) is 0 Å². The van der Waals surface area contributed by atoms with Crippen molar-refractivity contribution in [2.24, 2.45) is 5.73 Å². The summed E-state index contributed by atoms with van der Waals surface area (Å²) in [6.07, 6.45) is 6.56. The highest BCUT2D eigenvalue weighted by molar-refractivity contribution is 7.12. The number of nitrogens with two attached hydrogens (primary N) is 1. The number of hydrogen-bond donors (Lipinski definition) is 1. The summed E-state index contributed by atoms with van der Waals surface area (Å²) in [4.78, 5) is 2.87. The SMILES string of the molecule is C=C(C)C(N)c1cc2c(s1)CCCCC2. The van der Waals surface area contributed by atoms with Crippen molar-refractivity contribution in [2.75, 3.05) is 0 Å². The molecular formula is C13H19NS. The molecule has 0 radical (unpaired) electrons. The Hall–Kier alpha value is -0.600. The lowest BCUT2D eigenvalue weighted by Gasteiger charge is -2.07. The lowest BCUT2D eigenvalue weighted by molar-refractivity contribution is 0.712. The summed E-state index contributed by atoms with van der Waals surface area (Å²) < 4.78 is 0. The van der Waals surface area contributed by atoms with Gasteiger partial charge in [-0.05, 0) is 44.2 Å². The van der Waals surface area contributed by atoms with Crippen LogP contribution >= 0.6 is 11.3 Å². The van der Waals surface area contributed by atoms with Crippen LogP contribution in [-0.2, 0) is 12.8 Å². The van der Waals surface area contributed by atoms with E-state index in [1.807, 2.05) is 18.3 Å². The monoisotopic (exact) mass is 221 g/mol. The maximum Gasteiger partial charge on any atom is 0.0600 e. The van der Waals surface area contributed by atoms with E-state index >= 15 is 0 Å². The first-order valence-electron chi connectivity index (χ1n) is 5.71. The first kappa shape index (κ1) is 10.9. The van der Waals surface area contributed by atoms with Crippen LogP contribution in [0.5, 0.6) is 0 Å². The van der Waals surface area contributed by atoms with Crippen molar-refractivity contribution >= 4 is 11.3 Å². The predicted octanol–water partition coefficient (Wildman–Crippen LogP) is 3.59. The van der Waals surface area contributed by atoms with Crippen LogP contribution in [0, 0.1) is 0 Å². The molecule has 1 aliphatic carbocycles. The molecule has 82 valence electrons. The molecule has 2 heteroatoms. The van der Waals surface area contributed by atoms with E-state index in [9.17, 15) is 0 Å². The number of rotatable bonds is 2. The first-order valence-corrected chi connectivity index (χ1v) is 6.52. The van der Waals surface area contributed by atoms with E-state index in [0.29, 0.717) is 0 Å². The normalized spacial score (nSPS) is 18.0. The van der Waals surface area contributed by atoms with Crippen molar-refractivity contribution in [3.63, 3.8) is 0 Å². The Kier molecular flexibility index (Phi) is 3.27. The van der Waals surface area contributed by atoms with Gasteiger partial charge < -0.3 is 5.73 Å². The van der Waals surface area contributed by atoms with Gasteiger partial charge in [0.05, 0.1) is 6.04 Å². The fraction of sp³-hybridized carbons (Fsp3) is 0.538. The summed E-state index contributed by atoms with van der Waals surface area (Å²) in [6, 6.07) is 2.35. The fourth-order valence-electron chi connectivity index (χ4n) is 2.09. The van der Waals surface area contributed by atoms with Crippen LogP contribution in [-0.4, -0.2) is 0 Å². The largest absolute Gasteiger partial charge is 0.320 e. The van der Waals surface area contributed by atoms with Gasteiger partial charge in [0.15, 0.2) is 0 Å². The van der Waals surface area contributed by atoms with E-state index in [-0.39, 0.29) is 6.04 Å². The molecule has 0 aliphatic heterocycles. The molecule has 0 saturated carbocycles. The van der Waals surface area contributed by atoms with E-state index in [4.69, 9.17) is 5.73 Å². The molecule has 1 nitrogen and oxygen atoms in total. The topological polar surface area (TPSA) is 26.0 Å². The molecule has 1 unspecified atom stereocenters. The molecule has 15 heavy (non-hydrogen) atoms. The number of hydrogen-bond acceptors (Lipinski definition) is 2.